The third-order valence-corrected chi connectivity index (χ3v) is 3.27. The van der Waals surface area contributed by atoms with Crippen molar-refractivity contribution < 1.29 is 13.9 Å². The van der Waals surface area contributed by atoms with Crippen molar-refractivity contribution in [1.82, 2.24) is 9.78 Å². The molecule has 0 radical (unpaired) electrons. The molecule has 0 aliphatic carbocycles. The van der Waals surface area contributed by atoms with E-state index in [2.05, 4.69) is 5.10 Å². The number of hydrogen-bond acceptors (Lipinski definition) is 3. The minimum atomic E-state index is -0.646. The van der Waals surface area contributed by atoms with Gasteiger partial charge in [0, 0.05) is 26.2 Å². The van der Waals surface area contributed by atoms with Crippen molar-refractivity contribution in [3.8, 4) is 5.75 Å². The van der Waals surface area contributed by atoms with E-state index in [4.69, 9.17) is 4.74 Å². The molecule has 5 nitrogen and oxygen atoms in total. The largest absolute Gasteiger partial charge is 0.477 e. The molecule has 0 saturated carbocycles. The molecule has 0 bridgehead atoms. The summed E-state index contributed by atoms with van der Waals surface area (Å²) in [5, 5.41) is 4.04. The molecule has 20 heavy (non-hydrogen) atoms. The van der Waals surface area contributed by atoms with Crippen LogP contribution in [-0.2, 0) is 11.8 Å². The minimum Gasteiger partial charge on any atom is -0.477 e. The molecule has 1 aromatic heterocycles. The summed E-state index contributed by atoms with van der Waals surface area (Å²) in [4.78, 5) is 13.9. The number of amides is 1. The number of aromatic nitrogens is 2. The van der Waals surface area contributed by atoms with Crippen LogP contribution in [0.25, 0.3) is 0 Å². The van der Waals surface area contributed by atoms with Gasteiger partial charge in [-0.1, -0.05) is 12.1 Å². The number of benzene rings is 1. The second-order valence-corrected chi connectivity index (χ2v) is 4.69. The van der Waals surface area contributed by atoms with Gasteiger partial charge in [0.15, 0.2) is 17.7 Å². The summed E-state index contributed by atoms with van der Waals surface area (Å²) in [6.45, 7) is 0.545. The number of anilines is 1. The molecule has 2 aromatic rings. The van der Waals surface area contributed by atoms with Gasteiger partial charge in [-0.2, -0.15) is 5.10 Å². The molecular weight excluding hydrogens is 261 g/mol. The van der Waals surface area contributed by atoms with Gasteiger partial charge in [-0.05, 0) is 12.1 Å². The van der Waals surface area contributed by atoms with Gasteiger partial charge < -0.3 is 9.64 Å². The highest BCUT2D eigenvalue weighted by molar-refractivity contribution is 5.98. The minimum absolute atomic E-state index is 0.110. The topological polar surface area (TPSA) is 47.4 Å². The first-order chi connectivity index (χ1) is 9.65. The van der Waals surface area contributed by atoms with Crippen molar-refractivity contribution in [2.45, 2.75) is 12.5 Å². The normalized spacial score (nSPS) is 18.6. The number of carbonyl (C=O) groups excluding carboxylic acids is 1. The average molecular weight is 275 g/mol. The zero-order valence-electron chi connectivity index (χ0n) is 11.0. The quantitative estimate of drug-likeness (QED) is 0.857. The maximum atomic E-state index is 13.5. The number of aryl methyl sites for hydroxylation is 1. The molecule has 3 rings (SSSR count). The van der Waals surface area contributed by atoms with E-state index in [0.29, 0.717) is 13.0 Å². The molecule has 1 saturated heterocycles. The number of carbonyl (C=O) groups is 1. The van der Waals surface area contributed by atoms with Crippen LogP contribution < -0.4 is 9.64 Å². The monoisotopic (exact) mass is 275 g/mol. The zero-order valence-corrected chi connectivity index (χ0v) is 11.0. The Kier molecular flexibility index (Phi) is 3.14. The molecule has 2 heterocycles. The van der Waals surface area contributed by atoms with Crippen molar-refractivity contribution in [2.75, 3.05) is 11.4 Å². The maximum Gasteiger partial charge on any atom is 0.268 e. The Bertz CT molecular complexity index is 641. The molecular formula is C14H14FN3O2. The van der Waals surface area contributed by atoms with E-state index in [9.17, 15) is 9.18 Å². The van der Waals surface area contributed by atoms with Crippen LogP contribution in [0.5, 0.6) is 5.75 Å². The third-order valence-electron chi connectivity index (χ3n) is 3.27. The SMILES string of the molecule is Cn1cc(N2CCC(Oc3ccccc3F)C2=O)cn1. The highest BCUT2D eigenvalue weighted by Gasteiger charge is 2.35. The lowest BCUT2D eigenvalue weighted by atomic mass is 10.3. The highest BCUT2D eigenvalue weighted by Crippen LogP contribution is 2.25. The Balaban J connectivity index is 1.75. The molecule has 1 aromatic carbocycles. The lowest BCUT2D eigenvalue weighted by Crippen LogP contribution is -2.32. The standard InChI is InChI=1S/C14H14FN3O2/c1-17-9-10(8-16-17)18-7-6-13(14(18)19)20-12-5-3-2-4-11(12)15/h2-5,8-9,13H,6-7H2,1H3. The lowest BCUT2D eigenvalue weighted by Gasteiger charge is -2.15. The van der Waals surface area contributed by atoms with E-state index in [1.54, 1.807) is 41.2 Å². The summed E-state index contributed by atoms with van der Waals surface area (Å²) < 4.78 is 20.6. The van der Waals surface area contributed by atoms with Crippen LogP contribution in [0.4, 0.5) is 10.1 Å². The maximum absolute atomic E-state index is 13.5. The first-order valence-corrected chi connectivity index (χ1v) is 6.36. The fraction of sp³-hybridized carbons (Fsp3) is 0.286. The van der Waals surface area contributed by atoms with Gasteiger partial charge in [-0.15, -0.1) is 0 Å². The fourth-order valence-electron chi connectivity index (χ4n) is 2.26. The summed E-state index contributed by atoms with van der Waals surface area (Å²) in [5.74, 6) is -0.514. The Morgan fingerprint density at radius 2 is 2.20 bits per heavy atom. The molecule has 1 fully saturated rings. The molecule has 1 aliphatic rings. The van der Waals surface area contributed by atoms with E-state index in [0.717, 1.165) is 5.69 Å². The van der Waals surface area contributed by atoms with E-state index < -0.39 is 11.9 Å². The highest BCUT2D eigenvalue weighted by atomic mass is 19.1. The van der Waals surface area contributed by atoms with Gasteiger partial charge in [0.1, 0.15) is 0 Å². The van der Waals surface area contributed by atoms with Crippen molar-refractivity contribution in [3.63, 3.8) is 0 Å². The first-order valence-electron chi connectivity index (χ1n) is 6.36. The van der Waals surface area contributed by atoms with Crippen molar-refractivity contribution in [3.05, 3.63) is 42.5 Å². The second-order valence-electron chi connectivity index (χ2n) is 4.69. The molecule has 104 valence electrons. The van der Waals surface area contributed by atoms with Crippen LogP contribution in [0.15, 0.2) is 36.7 Å². The van der Waals surface area contributed by atoms with Crippen molar-refractivity contribution in [1.29, 1.82) is 0 Å². The van der Waals surface area contributed by atoms with Crippen LogP contribution in [0.1, 0.15) is 6.42 Å². The van der Waals surface area contributed by atoms with Crippen LogP contribution in [-0.4, -0.2) is 28.3 Å². The Hall–Kier alpha value is -2.37. The zero-order chi connectivity index (χ0) is 14.1. The molecule has 1 atom stereocenters. The molecule has 0 spiro atoms. The number of hydrogen-bond donors (Lipinski definition) is 0. The van der Waals surface area contributed by atoms with Gasteiger partial charge in [0.05, 0.1) is 11.9 Å². The fourth-order valence-corrected chi connectivity index (χ4v) is 2.26. The molecule has 1 amide bonds. The van der Waals surface area contributed by atoms with Crippen molar-refractivity contribution in [2.24, 2.45) is 7.05 Å². The summed E-state index contributed by atoms with van der Waals surface area (Å²) in [7, 11) is 1.79. The van der Waals surface area contributed by atoms with Crippen molar-refractivity contribution >= 4 is 11.6 Å². The van der Waals surface area contributed by atoms with Gasteiger partial charge in [-0.25, -0.2) is 4.39 Å². The number of rotatable bonds is 3. The predicted octanol–water partition coefficient (Wildman–Crippen LogP) is 1.74. The molecule has 0 N–H and O–H groups in total. The summed E-state index contributed by atoms with van der Waals surface area (Å²) in [6, 6.07) is 6.10. The second kappa shape index (κ2) is 4.96. The van der Waals surface area contributed by atoms with E-state index in [-0.39, 0.29) is 11.7 Å². The number of nitrogens with zero attached hydrogens (tertiary/aromatic N) is 3. The number of para-hydroxylation sites is 1. The van der Waals surface area contributed by atoms with Gasteiger partial charge >= 0.3 is 0 Å². The first kappa shape index (κ1) is 12.7. The summed E-state index contributed by atoms with van der Waals surface area (Å²) in [6.07, 6.45) is 3.28. The van der Waals surface area contributed by atoms with Gasteiger partial charge in [-0.3, -0.25) is 9.48 Å². The summed E-state index contributed by atoms with van der Waals surface area (Å²) in [5.41, 5.74) is 0.733. The van der Waals surface area contributed by atoms with Crippen LogP contribution in [0.3, 0.4) is 0 Å². The molecule has 1 unspecified atom stereocenters. The number of ether oxygens (including phenoxy) is 1. The summed E-state index contributed by atoms with van der Waals surface area (Å²) >= 11 is 0. The predicted molar refractivity (Wildman–Crippen MR) is 71.0 cm³/mol. The Morgan fingerprint density at radius 1 is 1.40 bits per heavy atom. The third kappa shape index (κ3) is 2.24. The van der Waals surface area contributed by atoms with Crippen LogP contribution in [0.2, 0.25) is 0 Å². The van der Waals surface area contributed by atoms with Gasteiger partial charge in [0.25, 0.3) is 5.91 Å². The smallest absolute Gasteiger partial charge is 0.268 e. The molecule has 1 aliphatic heterocycles. The number of halogens is 1. The Morgan fingerprint density at radius 3 is 2.90 bits per heavy atom. The van der Waals surface area contributed by atoms with E-state index in [1.807, 2.05) is 0 Å². The van der Waals surface area contributed by atoms with E-state index in [1.165, 1.54) is 12.1 Å². The lowest BCUT2D eigenvalue weighted by molar-refractivity contribution is -0.122. The Labute approximate surface area is 115 Å². The average Bonchev–Trinajstić information content (AvgIpc) is 3.00. The van der Waals surface area contributed by atoms with Gasteiger partial charge in [0.2, 0.25) is 0 Å². The van der Waals surface area contributed by atoms with Crippen LogP contribution >= 0.6 is 0 Å². The van der Waals surface area contributed by atoms with Crippen LogP contribution in [0, 0.1) is 5.82 Å². The molecule has 6 heteroatoms. The van der Waals surface area contributed by atoms with E-state index >= 15 is 0 Å².